The molecule has 1 saturated carbocycles. The first-order valence-electron chi connectivity index (χ1n) is 9.28. The van der Waals surface area contributed by atoms with E-state index >= 15 is 0 Å². The molecule has 1 N–H and O–H groups in total. The predicted octanol–water partition coefficient (Wildman–Crippen LogP) is 2.96. The summed E-state index contributed by atoms with van der Waals surface area (Å²) in [5.41, 5.74) is 2.67. The van der Waals surface area contributed by atoms with Gasteiger partial charge in [0, 0.05) is 30.8 Å². The Morgan fingerprint density at radius 2 is 2.11 bits per heavy atom. The lowest BCUT2D eigenvalue weighted by Crippen LogP contribution is -2.14. The second-order valence-corrected chi connectivity index (χ2v) is 7.08. The molecule has 4 heterocycles. The second-order valence-electron chi connectivity index (χ2n) is 7.08. The van der Waals surface area contributed by atoms with Crippen LogP contribution in [0.2, 0.25) is 0 Å². The van der Waals surface area contributed by atoms with Crippen LogP contribution < -0.4 is 5.32 Å². The molecule has 1 fully saturated rings. The second kappa shape index (κ2) is 6.56. The first kappa shape index (κ1) is 16.6. The Morgan fingerprint density at radius 1 is 1.21 bits per heavy atom. The van der Waals surface area contributed by atoms with Crippen molar-refractivity contribution in [1.29, 1.82) is 0 Å². The van der Waals surface area contributed by atoms with Gasteiger partial charge < -0.3 is 5.32 Å². The summed E-state index contributed by atoms with van der Waals surface area (Å²) in [7, 11) is 0. The maximum atomic E-state index is 12.9. The number of amides is 1. The number of aromatic nitrogens is 6. The lowest BCUT2D eigenvalue weighted by atomic mass is 10.3. The van der Waals surface area contributed by atoms with Crippen molar-refractivity contribution in [1.82, 2.24) is 29.1 Å². The predicted molar refractivity (Wildman–Crippen MR) is 104 cm³/mol. The fourth-order valence-electron chi connectivity index (χ4n) is 3.29. The number of aryl methyl sites for hydroxylation is 1. The molecule has 8 heteroatoms. The van der Waals surface area contributed by atoms with Crippen LogP contribution in [0.25, 0.3) is 17.0 Å². The summed E-state index contributed by atoms with van der Waals surface area (Å²) in [6.45, 7) is 2.75. The monoisotopic (exact) mass is 373 g/mol. The minimum atomic E-state index is -0.317. The van der Waals surface area contributed by atoms with E-state index in [-0.39, 0.29) is 5.91 Å². The summed E-state index contributed by atoms with van der Waals surface area (Å²) in [5, 5.41) is 7.28. The van der Waals surface area contributed by atoms with E-state index in [1.54, 1.807) is 24.7 Å². The van der Waals surface area contributed by atoms with Gasteiger partial charge in [-0.1, -0.05) is 6.07 Å². The zero-order chi connectivity index (χ0) is 19.1. The van der Waals surface area contributed by atoms with Crippen molar-refractivity contribution in [3.63, 3.8) is 0 Å². The highest BCUT2D eigenvalue weighted by molar-refractivity contribution is 6.07. The van der Waals surface area contributed by atoms with Crippen molar-refractivity contribution in [3.8, 4) is 11.5 Å². The van der Waals surface area contributed by atoms with Gasteiger partial charge in [-0.05, 0) is 43.9 Å². The molecule has 0 unspecified atom stereocenters. The number of imidazole rings is 1. The van der Waals surface area contributed by atoms with Crippen molar-refractivity contribution in [3.05, 3.63) is 60.4 Å². The SMILES string of the molecule is Cc1cccc(NC(=O)c2nc(-c3ccnn3CC3CC3)n3ccncc23)n1. The molecule has 0 bridgehead atoms. The van der Waals surface area contributed by atoms with E-state index in [1.165, 1.54) is 12.8 Å². The molecule has 0 aromatic carbocycles. The molecule has 4 aromatic heterocycles. The van der Waals surface area contributed by atoms with E-state index in [2.05, 4.69) is 25.4 Å². The summed E-state index contributed by atoms with van der Waals surface area (Å²) >= 11 is 0. The number of pyridine rings is 1. The van der Waals surface area contributed by atoms with E-state index < -0.39 is 0 Å². The average molecular weight is 373 g/mol. The Kier molecular flexibility index (Phi) is 3.89. The number of carbonyl (C=O) groups excluding carboxylic acids is 1. The third-order valence-corrected chi connectivity index (χ3v) is 4.87. The van der Waals surface area contributed by atoms with Crippen molar-refractivity contribution in [2.24, 2.45) is 5.92 Å². The third kappa shape index (κ3) is 3.02. The zero-order valence-corrected chi connectivity index (χ0v) is 15.4. The lowest BCUT2D eigenvalue weighted by molar-refractivity contribution is 0.102. The summed E-state index contributed by atoms with van der Waals surface area (Å²) < 4.78 is 3.85. The molecule has 28 heavy (non-hydrogen) atoms. The van der Waals surface area contributed by atoms with Crippen LogP contribution >= 0.6 is 0 Å². The summed E-state index contributed by atoms with van der Waals surface area (Å²) in [6.07, 6.45) is 9.40. The first-order valence-corrected chi connectivity index (χ1v) is 9.28. The fraction of sp³-hybridized carbons (Fsp3) is 0.250. The minimum absolute atomic E-state index is 0.311. The largest absolute Gasteiger partial charge is 0.305 e. The summed E-state index contributed by atoms with van der Waals surface area (Å²) in [5.74, 6) is 1.54. The molecule has 140 valence electrons. The minimum Gasteiger partial charge on any atom is -0.305 e. The number of carbonyl (C=O) groups is 1. The van der Waals surface area contributed by atoms with Crippen LogP contribution in [0.1, 0.15) is 29.0 Å². The maximum Gasteiger partial charge on any atom is 0.277 e. The highest BCUT2D eigenvalue weighted by atomic mass is 16.2. The van der Waals surface area contributed by atoms with Gasteiger partial charge in [0.05, 0.1) is 11.7 Å². The number of anilines is 1. The Labute approximate surface area is 161 Å². The molecular weight excluding hydrogens is 354 g/mol. The Balaban J connectivity index is 1.55. The van der Waals surface area contributed by atoms with Gasteiger partial charge in [-0.15, -0.1) is 0 Å². The Bertz CT molecular complexity index is 1170. The summed E-state index contributed by atoms with van der Waals surface area (Å²) in [6, 6.07) is 7.42. The van der Waals surface area contributed by atoms with Gasteiger partial charge in [0.1, 0.15) is 11.5 Å². The van der Waals surface area contributed by atoms with Gasteiger partial charge >= 0.3 is 0 Å². The number of hydrogen-bond acceptors (Lipinski definition) is 5. The van der Waals surface area contributed by atoms with E-state index in [4.69, 9.17) is 0 Å². The molecule has 0 aliphatic heterocycles. The molecule has 0 saturated heterocycles. The standard InChI is InChI=1S/C20H19N7O/c1-13-3-2-4-17(23-13)24-20(28)18-16-11-21-9-10-26(16)19(25-18)15-7-8-22-27(15)12-14-5-6-14/h2-4,7-11,14H,5-6,12H2,1H3,(H,23,24,28). The molecule has 1 amide bonds. The van der Waals surface area contributed by atoms with Crippen molar-refractivity contribution >= 4 is 17.2 Å². The molecule has 5 rings (SSSR count). The zero-order valence-electron chi connectivity index (χ0n) is 15.4. The average Bonchev–Trinajstić information content (AvgIpc) is 3.24. The van der Waals surface area contributed by atoms with Crippen molar-refractivity contribution < 1.29 is 4.79 Å². The van der Waals surface area contributed by atoms with Crippen LogP contribution in [0.15, 0.2) is 49.1 Å². The van der Waals surface area contributed by atoms with Gasteiger partial charge in [-0.2, -0.15) is 5.10 Å². The number of fused-ring (bicyclic) bond motifs is 1. The maximum absolute atomic E-state index is 12.9. The molecule has 1 aliphatic rings. The third-order valence-electron chi connectivity index (χ3n) is 4.87. The summed E-state index contributed by atoms with van der Waals surface area (Å²) in [4.78, 5) is 26.1. The van der Waals surface area contributed by atoms with Gasteiger partial charge in [-0.25, -0.2) is 9.97 Å². The normalized spacial score (nSPS) is 13.8. The van der Waals surface area contributed by atoms with Crippen LogP contribution in [0.5, 0.6) is 0 Å². The highest BCUT2D eigenvalue weighted by Gasteiger charge is 2.25. The first-order chi connectivity index (χ1) is 13.7. The van der Waals surface area contributed by atoms with Crippen molar-refractivity contribution in [2.75, 3.05) is 5.32 Å². The van der Waals surface area contributed by atoms with Crippen molar-refractivity contribution in [2.45, 2.75) is 26.3 Å². The molecule has 4 aromatic rings. The van der Waals surface area contributed by atoms with E-state index in [1.807, 2.05) is 40.4 Å². The van der Waals surface area contributed by atoms with Crippen LogP contribution in [0.3, 0.4) is 0 Å². The molecule has 0 radical (unpaired) electrons. The highest BCUT2D eigenvalue weighted by Crippen LogP contribution is 2.32. The number of hydrogen-bond donors (Lipinski definition) is 1. The van der Waals surface area contributed by atoms with E-state index in [0.717, 1.165) is 17.9 Å². The smallest absolute Gasteiger partial charge is 0.277 e. The topological polar surface area (TPSA) is 90.0 Å². The molecule has 0 spiro atoms. The molecular formula is C20H19N7O. The van der Waals surface area contributed by atoms with E-state index in [0.29, 0.717) is 28.8 Å². The van der Waals surface area contributed by atoms with Gasteiger partial charge in [0.15, 0.2) is 11.5 Å². The Hall–Kier alpha value is -3.55. The van der Waals surface area contributed by atoms with Crippen LogP contribution in [0.4, 0.5) is 5.82 Å². The number of nitrogens with zero attached hydrogens (tertiary/aromatic N) is 6. The molecule has 0 atom stereocenters. The van der Waals surface area contributed by atoms with Crippen LogP contribution in [-0.4, -0.2) is 35.0 Å². The van der Waals surface area contributed by atoms with Gasteiger partial charge in [-0.3, -0.25) is 18.9 Å². The fourth-order valence-corrected chi connectivity index (χ4v) is 3.29. The van der Waals surface area contributed by atoms with Gasteiger partial charge in [0.25, 0.3) is 5.91 Å². The number of rotatable bonds is 5. The number of nitrogens with one attached hydrogen (secondary N) is 1. The quantitative estimate of drug-likeness (QED) is 0.581. The molecule has 8 nitrogen and oxygen atoms in total. The Morgan fingerprint density at radius 3 is 2.93 bits per heavy atom. The van der Waals surface area contributed by atoms with Crippen LogP contribution in [-0.2, 0) is 6.54 Å². The molecule has 1 aliphatic carbocycles. The van der Waals surface area contributed by atoms with Gasteiger partial charge in [0.2, 0.25) is 0 Å². The lowest BCUT2D eigenvalue weighted by Gasteiger charge is -2.05. The van der Waals surface area contributed by atoms with E-state index in [9.17, 15) is 4.79 Å². The van der Waals surface area contributed by atoms with Crippen LogP contribution in [0, 0.1) is 12.8 Å².